The number of nitrogens with zero attached hydrogens (tertiary/aromatic N) is 1. The maximum absolute atomic E-state index is 12.1. The van der Waals surface area contributed by atoms with Gasteiger partial charge in [-0.2, -0.15) is 0 Å². The van der Waals surface area contributed by atoms with E-state index in [2.05, 4.69) is 0 Å². The number of esters is 1. The number of ketones is 1. The Hall–Kier alpha value is -1.69. The minimum atomic E-state index is -0.199. The fourth-order valence-corrected chi connectivity index (χ4v) is 3.16. The molecule has 6 heteroatoms. The molecule has 0 aromatic carbocycles. The molecule has 1 aliphatic rings. The zero-order chi connectivity index (χ0) is 15.2. The molecule has 1 fully saturated rings. The van der Waals surface area contributed by atoms with Crippen LogP contribution in [-0.2, 0) is 14.3 Å². The maximum atomic E-state index is 12.1. The van der Waals surface area contributed by atoms with Crippen molar-refractivity contribution < 1.29 is 19.1 Å². The van der Waals surface area contributed by atoms with Gasteiger partial charge in [0.2, 0.25) is 5.91 Å². The SMILES string of the molecule is COC(=O)C1CCN(C(=O)CCC(=O)c2cccs2)CC1. The number of likely N-dealkylation sites (tertiary alicyclic amines) is 1. The first-order chi connectivity index (χ1) is 10.1. The Morgan fingerprint density at radius 3 is 2.57 bits per heavy atom. The van der Waals surface area contributed by atoms with E-state index >= 15 is 0 Å². The highest BCUT2D eigenvalue weighted by molar-refractivity contribution is 7.12. The second-order valence-electron chi connectivity index (χ2n) is 5.08. The molecule has 0 spiro atoms. The van der Waals surface area contributed by atoms with Gasteiger partial charge in [-0.1, -0.05) is 6.07 Å². The number of rotatable bonds is 5. The Kier molecular flexibility index (Phi) is 5.50. The fourth-order valence-electron chi connectivity index (χ4n) is 2.47. The third-order valence-corrected chi connectivity index (χ3v) is 4.66. The number of hydrogen-bond acceptors (Lipinski definition) is 5. The van der Waals surface area contributed by atoms with Gasteiger partial charge in [-0.15, -0.1) is 11.3 Å². The van der Waals surface area contributed by atoms with Crippen LogP contribution >= 0.6 is 11.3 Å². The van der Waals surface area contributed by atoms with Gasteiger partial charge in [0.15, 0.2) is 5.78 Å². The first kappa shape index (κ1) is 15.7. The molecule has 21 heavy (non-hydrogen) atoms. The molecule has 2 rings (SSSR count). The van der Waals surface area contributed by atoms with Crippen molar-refractivity contribution in [2.24, 2.45) is 5.92 Å². The lowest BCUT2D eigenvalue weighted by molar-refractivity contribution is -0.148. The number of thiophene rings is 1. The third-order valence-electron chi connectivity index (χ3n) is 3.74. The first-order valence-electron chi connectivity index (χ1n) is 7.04. The Labute approximate surface area is 127 Å². The average molecular weight is 309 g/mol. The van der Waals surface area contributed by atoms with E-state index in [9.17, 15) is 14.4 Å². The van der Waals surface area contributed by atoms with Crippen LogP contribution in [0.4, 0.5) is 0 Å². The van der Waals surface area contributed by atoms with Crippen molar-refractivity contribution in [3.8, 4) is 0 Å². The molecule has 0 aliphatic carbocycles. The maximum Gasteiger partial charge on any atom is 0.308 e. The smallest absolute Gasteiger partial charge is 0.308 e. The molecule has 0 unspecified atom stereocenters. The summed E-state index contributed by atoms with van der Waals surface area (Å²) in [6.45, 7) is 1.12. The summed E-state index contributed by atoms with van der Waals surface area (Å²) in [5.41, 5.74) is 0. The van der Waals surface area contributed by atoms with E-state index in [1.807, 2.05) is 11.4 Å². The Morgan fingerprint density at radius 1 is 1.29 bits per heavy atom. The van der Waals surface area contributed by atoms with E-state index in [1.165, 1.54) is 18.4 Å². The number of amides is 1. The van der Waals surface area contributed by atoms with Gasteiger partial charge in [0.25, 0.3) is 0 Å². The number of carbonyl (C=O) groups is 3. The fraction of sp³-hybridized carbons (Fsp3) is 0.533. The van der Waals surface area contributed by atoms with Gasteiger partial charge in [-0.05, 0) is 24.3 Å². The number of Topliss-reactive ketones (excluding diaryl/α,β-unsaturated/α-hetero) is 1. The van der Waals surface area contributed by atoms with Crippen LogP contribution in [0.25, 0.3) is 0 Å². The predicted molar refractivity (Wildman–Crippen MR) is 79.2 cm³/mol. The molecule has 1 saturated heterocycles. The van der Waals surface area contributed by atoms with Crippen LogP contribution in [-0.4, -0.2) is 42.8 Å². The summed E-state index contributed by atoms with van der Waals surface area (Å²) >= 11 is 1.40. The van der Waals surface area contributed by atoms with Crippen molar-refractivity contribution in [3.63, 3.8) is 0 Å². The predicted octanol–water partition coefficient (Wildman–Crippen LogP) is 2.12. The summed E-state index contributed by atoms with van der Waals surface area (Å²) in [7, 11) is 1.38. The van der Waals surface area contributed by atoms with Crippen LogP contribution in [0.2, 0.25) is 0 Å². The van der Waals surface area contributed by atoms with Gasteiger partial charge in [0.05, 0.1) is 17.9 Å². The number of ether oxygens (including phenoxy) is 1. The molecular formula is C15H19NO4S. The van der Waals surface area contributed by atoms with Gasteiger partial charge in [-0.25, -0.2) is 0 Å². The summed E-state index contributed by atoms with van der Waals surface area (Å²) in [5.74, 6) is -0.298. The first-order valence-corrected chi connectivity index (χ1v) is 7.92. The molecule has 1 aromatic heterocycles. The molecule has 1 aliphatic heterocycles. The van der Waals surface area contributed by atoms with Crippen LogP contribution in [0.3, 0.4) is 0 Å². The Balaban J connectivity index is 1.75. The van der Waals surface area contributed by atoms with Crippen molar-refractivity contribution >= 4 is 29.0 Å². The molecule has 1 amide bonds. The monoisotopic (exact) mass is 309 g/mol. The minimum absolute atomic E-state index is 0.0109. The van der Waals surface area contributed by atoms with E-state index in [1.54, 1.807) is 11.0 Å². The van der Waals surface area contributed by atoms with Crippen molar-refractivity contribution in [2.75, 3.05) is 20.2 Å². The lowest BCUT2D eigenvalue weighted by Crippen LogP contribution is -2.40. The van der Waals surface area contributed by atoms with Gasteiger partial charge in [0.1, 0.15) is 0 Å². The minimum Gasteiger partial charge on any atom is -0.469 e. The van der Waals surface area contributed by atoms with E-state index in [0.29, 0.717) is 30.8 Å². The lowest BCUT2D eigenvalue weighted by atomic mass is 9.96. The molecule has 1 aromatic rings. The van der Waals surface area contributed by atoms with E-state index < -0.39 is 0 Å². The molecule has 5 nitrogen and oxygen atoms in total. The summed E-state index contributed by atoms with van der Waals surface area (Å²) in [6, 6.07) is 3.61. The van der Waals surface area contributed by atoms with Crippen LogP contribution in [0, 0.1) is 5.92 Å². The second-order valence-corrected chi connectivity index (χ2v) is 6.03. The van der Waals surface area contributed by atoms with Gasteiger partial charge >= 0.3 is 5.97 Å². The van der Waals surface area contributed by atoms with Gasteiger partial charge in [-0.3, -0.25) is 14.4 Å². The largest absolute Gasteiger partial charge is 0.469 e. The van der Waals surface area contributed by atoms with E-state index in [-0.39, 0.29) is 36.4 Å². The van der Waals surface area contributed by atoms with Crippen LogP contribution in [0.15, 0.2) is 17.5 Å². The molecular weight excluding hydrogens is 290 g/mol. The van der Waals surface area contributed by atoms with Crippen LogP contribution < -0.4 is 0 Å². The van der Waals surface area contributed by atoms with Crippen molar-refractivity contribution in [2.45, 2.75) is 25.7 Å². The average Bonchev–Trinajstić information content (AvgIpc) is 3.06. The number of piperidine rings is 1. The lowest BCUT2D eigenvalue weighted by Gasteiger charge is -2.30. The highest BCUT2D eigenvalue weighted by Crippen LogP contribution is 2.20. The summed E-state index contributed by atoms with van der Waals surface area (Å²) in [6.07, 6.45) is 1.75. The van der Waals surface area contributed by atoms with Crippen molar-refractivity contribution in [1.82, 2.24) is 4.90 Å². The molecule has 2 heterocycles. The third kappa shape index (κ3) is 4.14. The normalized spacial score (nSPS) is 15.8. The van der Waals surface area contributed by atoms with Crippen molar-refractivity contribution in [3.05, 3.63) is 22.4 Å². The standard InChI is InChI=1S/C15H19NO4S/c1-20-15(19)11-6-8-16(9-7-11)14(18)5-4-12(17)13-3-2-10-21-13/h2-3,10-11H,4-9H2,1H3. The summed E-state index contributed by atoms with van der Waals surface area (Å²) in [5, 5.41) is 1.85. The van der Waals surface area contributed by atoms with Crippen molar-refractivity contribution in [1.29, 1.82) is 0 Å². The second kappa shape index (κ2) is 7.36. The molecule has 0 radical (unpaired) electrons. The summed E-state index contributed by atoms with van der Waals surface area (Å²) < 4.78 is 4.72. The van der Waals surface area contributed by atoms with Crippen LogP contribution in [0.5, 0.6) is 0 Å². The Bertz CT molecular complexity index is 504. The highest BCUT2D eigenvalue weighted by Gasteiger charge is 2.27. The van der Waals surface area contributed by atoms with E-state index in [0.717, 1.165) is 0 Å². The van der Waals surface area contributed by atoms with E-state index in [4.69, 9.17) is 4.74 Å². The highest BCUT2D eigenvalue weighted by atomic mass is 32.1. The number of carbonyl (C=O) groups excluding carboxylic acids is 3. The number of hydrogen-bond donors (Lipinski definition) is 0. The molecule has 0 atom stereocenters. The topological polar surface area (TPSA) is 63.7 Å². The molecule has 0 saturated carbocycles. The zero-order valence-electron chi connectivity index (χ0n) is 12.0. The van der Waals surface area contributed by atoms with Gasteiger partial charge in [0, 0.05) is 25.9 Å². The number of methoxy groups -OCH3 is 1. The zero-order valence-corrected chi connectivity index (χ0v) is 12.9. The summed E-state index contributed by atoms with van der Waals surface area (Å²) in [4.78, 5) is 37.8. The Morgan fingerprint density at radius 2 is 2.00 bits per heavy atom. The quantitative estimate of drug-likeness (QED) is 0.617. The van der Waals surface area contributed by atoms with Crippen LogP contribution in [0.1, 0.15) is 35.4 Å². The molecule has 0 bridgehead atoms. The molecule has 0 N–H and O–H groups in total. The van der Waals surface area contributed by atoms with Gasteiger partial charge < -0.3 is 9.64 Å². The molecule has 114 valence electrons.